The van der Waals surface area contributed by atoms with Gasteiger partial charge in [0.1, 0.15) is 23.0 Å². The first-order chi connectivity index (χ1) is 13.1. The van der Waals surface area contributed by atoms with Crippen molar-refractivity contribution in [1.29, 1.82) is 0 Å². The van der Waals surface area contributed by atoms with Crippen LogP contribution in [0.3, 0.4) is 0 Å². The van der Waals surface area contributed by atoms with E-state index in [4.69, 9.17) is 4.74 Å². The Balaban J connectivity index is 1.62. The highest BCUT2D eigenvalue weighted by atomic mass is 32.1. The van der Waals surface area contributed by atoms with Crippen molar-refractivity contribution in [2.24, 2.45) is 0 Å². The van der Waals surface area contributed by atoms with Crippen molar-refractivity contribution in [2.45, 2.75) is 13.5 Å². The second-order valence-corrected chi connectivity index (χ2v) is 7.05. The van der Waals surface area contributed by atoms with E-state index in [0.717, 1.165) is 22.4 Å². The molecule has 0 bridgehead atoms. The minimum absolute atomic E-state index is 0.117. The lowest BCUT2D eigenvalue weighted by Crippen LogP contribution is -2.23. The molecule has 0 spiro atoms. The molecule has 0 fully saturated rings. The molecule has 4 rings (SSSR count). The zero-order valence-corrected chi connectivity index (χ0v) is 15.5. The number of ether oxygens (including phenoxy) is 1. The Hall–Kier alpha value is -2.99. The lowest BCUT2D eigenvalue weighted by molar-refractivity contribution is 0.294. The van der Waals surface area contributed by atoms with Gasteiger partial charge in [-0.2, -0.15) is 0 Å². The van der Waals surface area contributed by atoms with E-state index in [1.54, 1.807) is 23.0 Å². The molecule has 0 aliphatic carbocycles. The van der Waals surface area contributed by atoms with E-state index in [-0.39, 0.29) is 11.4 Å². The van der Waals surface area contributed by atoms with Gasteiger partial charge in [0.2, 0.25) is 0 Å². The maximum absolute atomic E-state index is 13.2. The fourth-order valence-corrected chi connectivity index (χ4v) is 3.85. The zero-order chi connectivity index (χ0) is 18.8. The van der Waals surface area contributed by atoms with Crippen LogP contribution in [0.1, 0.15) is 5.56 Å². The summed E-state index contributed by atoms with van der Waals surface area (Å²) < 4.78 is 20.6. The molecule has 0 saturated heterocycles. The monoisotopic (exact) mass is 380 g/mol. The normalized spacial score (nSPS) is 11.0. The number of rotatable bonds is 5. The predicted octanol–water partition coefficient (Wildman–Crippen LogP) is 4.65. The third-order valence-electron chi connectivity index (χ3n) is 4.40. The molecule has 27 heavy (non-hydrogen) atoms. The van der Waals surface area contributed by atoms with E-state index in [9.17, 15) is 9.18 Å². The van der Waals surface area contributed by atoms with Gasteiger partial charge in [0.25, 0.3) is 5.56 Å². The van der Waals surface area contributed by atoms with Crippen LogP contribution >= 0.6 is 11.3 Å². The SMILES string of the molecule is Cc1ccccc1OCCn1cnc2scc(-c3ccc(F)cc3)c2c1=O. The maximum atomic E-state index is 13.2. The third kappa shape index (κ3) is 3.48. The van der Waals surface area contributed by atoms with Crippen molar-refractivity contribution in [1.82, 2.24) is 9.55 Å². The number of hydrogen-bond donors (Lipinski definition) is 0. The molecule has 0 N–H and O–H groups in total. The summed E-state index contributed by atoms with van der Waals surface area (Å²) in [6.45, 7) is 2.75. The number of benzene rings is 2. The lowest BCUT2D eigenvalue weighted by atomic mass is 10.1. The molecule has 2 heterocycles. The average molecular weight is 380 g/mol. The van der Waals surface area contributed by atoms with Gasteiger partial charge in [0, 0.05) is 10.9 Å². The van der Waals surface area contributed by atoms with Gasteiger partial charge < -0.3 is 4.74 Å². The fourth-order valence-electron chi connectivity index (χ4n) is 2.94. The first-order valence-electron chi connectivity index (χ1n) is 8.54. The zero-order valence-electron chi connectivity index (χ0n) is 14.7. The first kappa shape index (κ1) is 17.4. The molecular formula is C21H17FN2O2S. The molecule has 0 saturated carbocycles. The summed E-state index contributed by atoms with van der Waals surface area (Å²) in [6.07, 6.45) is 1.55. The number of fused-ring (bicyclic) bond motifs is 1. The molecule has 0 unspecified atom stereocenters. The average Bonchev–Trinajstić information content (AvgIpc) is 3.11. The smallest absolute Gasteiger partial charge is 0.262 e. The van der Waals surface area contributed by atoms with E-state index >= 15 is 0 Å². The Labute approximate surface area is 159 Å². The highest BCUT2D eigenvalue weighted by Crippen LogP contribution is 2.30. The first-order valence-corrected chi connectivity index (χ1v) is 9.42. The number of nitrogens with zero attached hydrogens (tertiary/aromatic N) is 2. The Morgan fingerprint density at radius 1 is 1.15 bits per heavy atom. The van der Waals surface area contributed by atoms with E-state index in [0.29, 0.717) is 23.4 Å². The van der Waals surface area contributed by atoms with E-state index in [2.05, 4.69) is 4.98 Å². The van der Waals surface area contributed by atoms with Crippen LogP contribution in [0.5, 0.6) is 5.75 Å². The van der Waals surface area contributed by atoms with Gasteiger partial charge in [-0.1, -0.05) is 30.3 Å². The van der Waals surface area contributed by atoms with Gasteiger partial charge in [-0.05, 0) is 36.2 Å². The second kappa shape index (κ2) is 7.32. The Kier molecular flexibility index (Phi) is 4.73. The standard InChI is InChI=1S/C21H17FN2O2S/c1-14-4-2-3-5-18(14)26-11-10-24-13-23-20-19(21(24)25)17(12-27-20)15-6-8-16(22)9-7-15/h2-9,12-13H,10-11H2,1H3. The molecule has 0 radical (unpaired) electrons. The van der Waals surface area contributed by atoms with Gasteiger partial charge in [-0.3, -0.25) is 9.36 Å². The summed E-state index contributed by atoms with van der Waals surface area (Å²) in [7, 11) is 0. The van der Waals surface area contributed by atoms with Crippen LogP contribution in [0.25, 0.3) is 21.3 Å². The Morgan fingerprint density at radius 3 is 2.70 bits per heavy atom. The van der Waals surface area contributed by atoms with Crippen LogP contribution in [0.2, 0.25) is 0 Å². The minimum Gasteiger partial charge on any atom is -0.491 e. The molecule has 2 aromatic carbocycles. The molecular weight excluding hydrogens is 363 g/mol. The van der Waals surface area contributed by atoms with Crippen LogP contribution in [0.4, 0.5) is 4.39 Å². The quantitative estimate of drug-likeness (QED) is 0.506. The molecule has 6 heteroatoms. The minimum atomic E-state index is -0.304. The van der Waals surface area contributed by atoms with Crippen molar-refractivity contribution in [3.8, 4) is 16.9 Å². The summed E-state index contributed by atoms with van der Waals surface area (Å²) in [5, 5.41) is 2.45. The van der Waals surface area contributed by atoms with Crippen molar-refractivity contribution in [3.63, 3.8) is 0 Å². The third-order valence-corrected chi connectivity index (χ3v) is 5.29. The molecule has 2 aromatic heterocycles. The van der Waals surface area contributed by atoms with Gasteiger partial charge in [-0.15, -0.1) is 11.3 Å². The van der Waals surface area contributed by atoms with Gasteiger partial charge in [0.15, 0.2) is 0 Å². The molecule has 0 aliphatic heterocycles. The number of thiophene rings is 1. The summed E-state index contributed by atoms with van der Waals surface area (Å²) in [5.74, 6) is 0.504. The Bertz CT molecular complexity index is 1150. The predicted molar refractivity (Wildman–Crippen MR) is 106 cm³/mol. The van der Waals surface area contributed by atoms with Crippen molar-refractivity contribution < 1.29 is 9.13 Å². The number of halogens is 1. The second-order valence-electron chi connectivity index (χ2n) is 6.19. The van der Waals surface area contributed by atoms with E-state index < -0.39 is 0 Å². The van der Waals surface area contributed by atoms with E-state index in [1.165, 1.54) is 23.5 Å². The molecule has 136 valence electrons. The van der Waals surface area contributed by atoms with Crippen LogP contribution in [0.15, 0.2) is 65.0 Å². The van der Waals surface area contributed by atoms with Crippen molar-refractivity contribution in [2.75, 3.05) is 6.61 Å². The number of para-hydroxylation sites is 1. The van der Waals surface area contributed by atoms with Gasteiger partial charge in [-0.25, -0.2) is 9.37 Å². The van der Waals surface area contributed by atoms with E-state index in [1.807, 2.05) is 36.6 Å². The number of hydrogen-bond acceptors (Lipinski definition) is 4. The summed E-state index contributed by atoms with van der Waals surface area (Å²) >= 11 is 1.41. The van der Waals surface area contributed by atoms with Crippen LogP contribution in [0, 0.1) is 12.7 Å². The molecule has 4 aromatic rings. The Morgan fingerprint density at radius 2 is 1.93 bits per heavy atom. The molecule has 0 aliphatic rings. The molecule has 4 nitrogen and oxygen atoms in total. The highest BCUT2D eigenvalue weighted by Gasteiger charge is 2.13. The topological polar surface area (TPSA) is 44.1 Å². The number of aromatic nitrogens is 2. The van der Waals surface area contributed by atoms with Crippen LogP contribution in [-0.4, -0.2) is 16.2 Å². The summed E-state index contributed by atoms with van der Waals surface area (Å²) in [4.78, 5) is 18.0. The van der Waals surface area contributed by atoms with Crippen molar-refractivity contribution in [3.05, 3.63) is 82.0 Å². The van der Waals surface area contributed by atoms with Crippen LogP contribution in [-0.2, 0) is 6.54 Å². The van der Waals surface area contributed by atoms with Crippen LogP contribution < -0.4 is 10.3 Å². The maximum Gasteiger partial charge on any atom is 0.262 e. The van der Waals surface area contributed by atoms with Gasteiger partial charge in [0.05, 0.1) is 18.3 Å². The lowest BCUT2D eigenvalue weighted by Gasteiger charge is -2.10. The summed E-state index contributed by atoms with van der Waals surface area (Å²) in [6, 6.07) is 13.9. The number of aryl methyl sites for hydroxylation is 1. The largest absolute Gasteiger partial charge is 0.491 e. The fraction of sp³-hybridized carbons (Fsp3) is 0.143. The van der Waals surface area contributed by atoms with Crippen molar-refractivity contribution >= 4 is 21.6 Å². The highest BCUT2D eigenvalue weighted by molar-refractivity contribution is 7.17. The summed E-state index contributed by atoms with van der Waals surface area (Å²) in [5.41, 5.74) is 2.51. The molecule has 0 atom stereocenters. The molecule has 0 amide bonds. The van der Waals surface area contributed by atoms with Gasteiger partial charge >= 0.3 is 0 Å².